The van der Waals surface area contributed by atoms with Gasteiger partial charge in [0.1, 0.15) is 17.0 Å². The molecule has 0 saturated carbocycles. The molecular weight excluding hydrogens is 364 g/mol. The Kier molecular flexibility index (Phi) is 5.56. The quantitative estimate of drug-likeness (QED) is 0.815. The molecule has 0 bridgehead atoms. The van der Waals surface area contributed by atoms with Crippen molar-refractivity contribution in [1.29, 1.82) is 0 Å². The molecular formula is C19H26N4O3S. The summed E-state index contributed by atoms with van der Waals surface area (Å²) in [6.45, 7) is 5.14. The SMILES string of the molecule is Cc1c(C(=O)N2CCC(CO)CC2)sc2ncnc(NC[C@@H]3CCCO3)c12. The van der Waals surface area contributed by atoms with Gasteiger partial charge in [-0.2, -0.15) is 0 Å². The largest absolute Gasteiger partial charge is 0.396 e. The first kappa shape index (κ1) is 18.6. The van der Waals surface area contributed by atoms with Crippen LogP contribution in [0.25, 0.3) is 10.2 Å². The van der Waals surface area contributed by atoms with Crippen molar-refractivity contribution in [3.63, 3.8) is 0 Å². The second-order valence-corrected chi connectivity index (χ2v) is 8.39. The molecule has 2 saturated heterocycles. The molecule has 0 aromatic carbocycles. The molecule has 2 aliphatic heterocycles. The third-order valence-electron chi connectivity index (χ3n) is 5.60. The van der Waals surface area contributed by atoms with E-state index in [1.807, 2.05) is 11.8 Å². The lowest BCUT2D eigenvalue weighted by Gasteiger charge is -2.31. The van der Waals surface area contributed by atoms with Crippen molar-refractivity contribution in [1.82, 2.24) is 14.9 Å². The number of aryl methyl sites for hydroxylation is 1. The molecule has 2 aliphatic rings. The molecule has 1 amide bonds. The summed E-state index contributed by atoms with van der Waals surface area (Å²) >= 11 is 1.44. The number of hydrogen-bond acceptors (Lipinski definition) is 7. The van der Waals surface area contributed by atoms with E-state index in [2.05, 4.69) is 15.3 Å². The Hall–Kier alpha value is -1.77. The van der Waals surface area contributed by atoms with Crippen molar-refractivity contribution < 1.29 is 14.6 Å². The summed E-state index contributed by atoms with van der Waals surface area (Å²) in [7, 11) is 0. The fourth-order valence-electron chi connectivity index (χ4n) is 3.89. The van der Waals surface area contributed by atoms with Gasteiger partial charge in [-0.05, 0) is 44.1 Å². The van der Waals surface area contributed by atoms with E-state index in [1.165, 1.54) is 11.3 Å². The van der Waals surface area contributed by atoms with Crippen LogP contribution in [-0.2, 0) is 4.74 Å². The first-order valence-electron chi connectivity index (χ1n) is 9.67. The Labute approximate surface area is 162 Å². The fourth-order valence-corrected chi connectivity index (χ4v) is 5.00. The summed E-state index contributed by atoms with van der Waals surface area (Å²) in [5, 5.41) is 13.6. The van der Waals surface area contributed by atoms with Gasteiger partial charge in [0, 0.05) is 32.8 Å². The number of thiophene rings is 1. The standard InChI is InChI=1S/C19H26N4O3S/c1-12-15-17(20-9-14-3-2-8-26-14)21-11-22-18(15)27-16(12)19(25)23-6-4-13(10-24)5-7-23/h11,13-14,24H,2-10H2,1H3,(H,20,21,22)/t14-/m0/s1. The van der Waals surface area contributed by atoms with Gasteiger partial charge in [0.25, 0.3) is 5.91 Å². The number of fused-ring (bicyclic) bond motifs is 1. The first-order chi connectivity index (χ1) is 13.2. The van der Waals surface area contributed by atoms with E-state index in [0.717, 1.165) is 65.3 Å². The minimum atomic E-state index is 0.0666. The zero-order valence-corrected chi connectivity index (χ0v) is 16.4. The van der Waals surface area contributed by atoms with E-state index in [0.29, 0.717) is 19.0 Å². The molecule has 0 aliphatic carbocycles. The second-order valence-electron chi connectivity index (χ2n) is 7.39. The number of nitrogens with one attached hydrogen (secondary N) is 1. The summed E-state index contributed by atoms with van der Waals surface area (Å²) in [5.74, 6) is 1.16. The molecule has 2 aromatic heterocycles. The molecule has 8 heteroatoms. The van der Waals surface area contributed by atoms with Crippen LogP contribution < -0.4 is 5.32 Å². The molecule has 1 atom stereocenters. The lowest BCUT2D eigenvalue weighted by atomic mass is 9.97. The van der Waals surface area contributed by atoms with E-state index in [4.69, 9.17) is 4.74 Å². The lowest BCUT2D eigenvalue weighted by molar-refractivity contribution is 0.0655. The third kappa shape index (κ3) is 3.79. The third-order valence-corrected chi connectivity index (χ3v) is 6.79. The number of carbonyl (C=O) groups excluding carboxylic acids is 1. The van der Waals surface area contributed by atoms with Crippen molar-refractivity contribution in [2.24, 2.45) is 5.92 Å². The van der Waals surface area contributed by atoms with Gasteiger partial charge in [-0.15, -0.1) is 11.3 Å². The van der Waals surface area contributed by atoms with Crippen LogP contribution in [0.5, 0.6) is 0 Å². The second kappa shape index (κ2) is 8.08. The number of likely N-dealkylation sites (tertiary alicyclic amines) is 1. The summed E-state index contributed by atoms with van der Waals surface area (Å²) in [6, 6.07) is 0. The molecule has 0 spiro atoms. The van der Waals surface area contributed by atoms with E-state index in [1.54, 1.807) is 6.33 Å². The normalized spacial score (nSPS) is 21.1. The number of nitrogens with zero attached hydrogens (tertiary/aromatic N) is 3. The summed E-state index contributed by atoms with van der Waals surface area (Å²) < 4.78 is 5.68. The molecule has 2 fully saturated rings. The van der Waals surface area contributed by atoms with Crippen molar-refractivity contribution >= 4 is 33.3 Å². The van der Waals surface area contributed by atoms with Crippen LogP contribution in [0.2, 0.25) is 0 Å². The van der Waals surface area contributed by atoms with Crippen molar-refractivity contribution in [2.45, 2.75) is 38.7 Å². The van der Waals surface area contributed by atoms with Crippen LogP contribution in [-0.4, -0.2) is 64.8 Å². The highest BCUT2D eigenvalue weighted by Crippen LogP contribution is 2.34. The number of aliphatic hydroxyl groups is 1. The van der Waals surface area contributed by atoms with Gasteiger partial charge < -0.3 is 20.1 Å². The first-order valence-corrected chi connectivity index (χ1v) is 10.5. The molecule has 146 valence electrons. The maximum atomic E-state index is 13.0. The highest BCUT2D eigenvalue weighted by atomic mass is 32.1. The highest BCUT2D eigenvalue weighted by Gasteiger charge is 2.27. The molecule has 2 aromatic rings. The van der Waals surface area contributed by atoms with Gasteiger partial charge in [-0.25, -0.2) is 9.97 Å². The Bertz CT molecular complexity index is 811. The molecule has 27 heavy (non-hydrogen) atoms. The van der Waals surface area contributed by atoms with Crippen molar-refractivity contribution in [2.75, 3.05) is 38.2 Å². The van der Waals surface area contributed by atoms with Gasteiger partial charge in [-0.3, -0.25) is 4.79 Å². The predicted molar refractivity (Wildman–Crippen MR) is 105 cm³/mol. The lowest BCUT2D eigenvalue weighted by Crippen LogP contribution is -2.39. The number of amides is 1. The van der Waals surface area contributed by atoms with Gasteiger partial charge in [0.15, 0.2) is 0 Å². The molecule has 0 unspecified atom stereocenters. The Balaban J connectivity index is 1.54. The maximum Gasteiger partial charge on any atom is 0.264 e. The monoisotopic (exact) mass is 390 g/mol. The van der Waals surface area contributed by atoms with Crippen LogP contribution >= 0.6 is 11.3 Å². The number of piperidine rings is 1. The Morgan fingerprint density at radius 2 is 2.19 bits per heavy atom. The van der Waals surface area contributed by atoms with Gasteiger partial charge >= 0.3 is 0 Å². The van der Waals surface area contributed by atoms with Crippen LogP contribution in [0.4, 0.5) is 5.82 Å². The van der Waals surface area contributed by atoms with Gasteiger partial charge in [-0.1, -0.05) is 0 Å². The van der Waals surface area contributed by atoms with Crippen molar-refractivity contribution in [3.05, 3.63) is 16.8 Å². The average Bonchev–Trinajstić information content (AvgIpc) is 3.34. The molecule has 4 rings (SSSR count). The Morgan fingerprint density at radius 3 is 2.89 bits per heavy atom. The smallest absolute Gasteiger partial charge is 0.264 e. The number of aliphatic hydroxyl groups excluding tert-OH is 1. The molecule has 4 heterocycles. The minimum absolute atomic E-state index is 0.0666. The summed E-state index contributed by atoms with van der Waals surface area (Å²) in [5.41, 5.74) is 0.944. The average molecular weight is 391 g/mol. The number of carbonyl (C=O) groups is 1. The highest BCUT2D eigenvalue weighted by molar-refractivity contribution is 7.20. The summed E-state index contributed by atoms with van der Waals surface area (Å²) in [4.78, 5) is 25.3. The number of anilines is 1. The van der Waals surface area contributed by atoms with Crippen LogP contribution in [0, 0.1) is 12.8 Å². The zero-order valence-electron chi connectivity index (χ0n) is 15.6. The van der Waals surface area contributed by atoms with Crippen LogP contribution in [0.3, 0.4) is 0 Å². The van der Waals surface area contributed by atoms with E-state index < -0.39 is 0 Å². The number of aromatic nitrogens is 2. The van der Waals surface area contributed by atoms with E-state index >= 15 is 0 Å². The minimum Gasteiger partial charge on any atom is -0.396 e. The molecule has 0 radical (unpaired) electrons. The Morgan fingerprint density at radius 1 is 1.37 bits per heavy atom. The van der Waals surface area contributed by atoms with Crippen molar-refractivity contribution in [3.8, 4) is 0 Å². The van der Waals surface area contributed by atoms with Gasteiger partial charge in [0.05, 0.1) is 16.4 Å². The number of hydrogen-bond donors (Lipinski definition) is 2. The molecule has 2 N–H and O–H groups in total. The van der Waals surface area contributed by atoms with Crippen LogP contribution in [0.15, 0.2) is 6.33 Å². The molecule has 7 nitrogen and oxygen atoms in total. The summed E-state index contributed by atoms with van der Waals surface area (Å²) in [6.07, 6.45) is 5.67. The topological polar surface area (TPSA) is 87.6 Å². The van der Waals surface area contributed by atoms with E-state index in [9.17, 15) is 9.90 Å². The van der Waals surface area contributed by atoms with Crippen LogP contribution in [0.1, 0.15) is 40.9 Å². The zero-order chi connectivity index (χ0) is 18.8. The van der Waals surface area contributed by atoms with Gasteiger partial charge in [0.2, 0.25) is 0 Å². The fraction of sp³-hybridized carbons (Fsp3) is 0.632. The number of ether oxygens (including phenoxy) is 1. The maximum absolute atomic E-state index is 13.0. The number of rotatable bonds is 5. The predicted octanol–water partition coefficient (Wildman–Crippen LogP) is 2.44. The van der Waals surface area contributed by atoms with E-state index in [-0.39, 0.29) is 18.6 Å².